The number of methoxy groups -OCH3 is 1. The predicted octanol–water partition coefficient (Wildman–Crippen LogP) is 0.994. The van der Waals surface area contributed by atoms with Gasteiger partial charge in [-0.3, -0.25) is 0 Å². The van der Waals surface area contributed by atoms with E-state index in [1.165, 1.54) is 11.6 Å². The van der Waals surface area contributed by atoms with E-state index in [0.29, 0.717) is 17.1 Å². The van der Waals surface area contributed by atoms with Crippen molar-refractivity contribution in [2.75, 3.05) is 7.11 Å². The van der Waals surface area contributed by atoms with Crippen LogP contribution in [0.1, 0.15) is 13.0 Å². The second kappa shape index (κ2) is 4.82. The number of hydrogen-bond donors (Lipinski definition) is 1. The zero-order valence-electron chi connectivity index (χ0n) is 9.94. The molecule has 0 aliphatic rings. The van der Waals surface area contributed by atoms with Crippen molar-refractivity contribution >= 4 is 5.97 Å². The number of carboxylic acids is 1. The van der Waals surface area contributed by atoms with Gasteiger partial charge in [-0.1, -0.05) is 12.1 Å². The zero-order chi connectivity index (χ0) is 13.1. The number of aromatic nitrogens is 4. The Balaban J connectivity index is 2.45. The summed E-state index contributed by atoms with van der Waals surface area (Å²) in [7, 11) is 1.56. The summed E-state index contributed by atoms with van der Waals surface area (Å²) in [6.45, 7) is 1.52. The second-order valence-corrected chi connectivity index (χ2v) is 3.69. The fraction of sp³-hybridized carbons (Fsp3) is 0.273. The molecular formula is C11H12N4O3. The molecule has 0 fully saturated rings. The van der Waals surface area contributed by atoms with Crippen molar-refractivity contribution in [2.45, 2.75) is 13.0 Å². The summed E-state index contributed by atoms with van der Waals surface area (Å²) in [5.41, 5.74) is 0.701. The first kappa shape index (κ1) is 12.0. The van der Waals surface area contributed by atoms with Gasteiger partial charge in [0, 0.05) is 5.56 Å². The van der Waals surface area contributed by atoms with Crippen molar-refractivity contribution in [3.63, 3.8) is 0 Å². The Kier molecular flexibility index (Phi) is 3.22. The highest BCUT2D eigenvalue weighted by Crippen LogP contribution is 2.23. The van der Waals surface area contributed by atoms with Crippen molar-refractivity contribution < 1.29 is 14.6 Å². The maximum absolute atomic E-state index is 11.0. The molecule has 1 aromatic carbocycles. The lowest BCUT2D eigenvalue weighted by Crippen LogP contribution is -2.18. The summed E-state index contributed by atoms with van der Waals surface area (Å²) in [6.07, 6.45) is 0. The second-order valence-electron chi connectivity index (χ2n) is 3.69. The van der Waals surface area contributed by atoms with E-state index in [4.69, 9.17) is 9.84 Å². The topological polar surface area (TPSA) is 90.1 Å². The maximum atomic E-state index is 11.0. The standard InChI is InChI=1S/C11H12N4O3/c1-7(11(16)17)15-10(12-13-14-15)8-4-3-5-9(6-8)18-2/h3-7H,1-2H3,(H,16,17). The SMILES string of the molecule is COc1cccc(-c2nnnn2C(C)C(=O)O)c1. The number of hydrogen-bond acceptors (Lipinski definition) is 5. The van der Waals surface area contributed by atoms with Crippen molar-refractivity contribution in [3.05, 3.63) is 24.3 Å². The first-order valence-corrected chi connectivity index (χ1v) is 5.28. The monoisotopic (exact) mass is 248 g/mol. The van der Waals surface area contributed by atoms with Crippen LogP contribution < -0.4 is 4.74 Å². The van der Waals surface area contributed by atoms with Crippen molar-refractivity contribution in [2.24, 2.45) is 0 Å². The van der Waals surface area contributed by atoms with Crippen LogP contribution in [-0.4, -0.2) is 38.4 Å². The van der Waals surface area contributed by atoms with E-state index >= 15 is 0 Å². The molecule has 1 unspecified atom stereocenters. The summed E-state index contributed by atoms with van der Waals surface area (Å²) in [5, 5.41) is 20.1. The zero-order valence-corrected chi connectivity index (χ0v) is 9.94. The van der Waals surface area contributed by atoms with E-state index in [1.54, 1.807) is 31.4 Å². The number of ether oxygens (including phenoxy) is 1. The maximum Gasteiger partial charge on any atom is 0.328 e. The summed E-state index contributed by atoms with van der Waals surface area (Å²) >= 11 is 0. The van der Waals surface area contributed by atoms with Crippen molar-refractivity contribution in [1.82, 2.24) is 20.2 Å². The molecule has 18 heavy (non-hydrogen) atoms. The van der Waals surface area contributed by atoms with Gasteiger partial charge in [0.2, 0.25) is 0 Å². The minimum atomic E-state index is -0.994. The first-order valence-electron chi connectivity index (χ1n) is 5.28. The third-order valence-electron chi connectivity index (χ3n) is 2.54. The molecule has 1 aromatic heterocycles. The average molecular weight is 248 g/mol. The molecule has 0 aliphatic carbocycles. The molecule has 94 valence electrons. The summed E-state index contributed by atoms with van der Waals surface area (Å²) in [5.74, 6) is 0.0558. The Labute approximate surface area is 103 Å². The summed E-state index contributed by atoms with van der Waals surface area (Å²) < 4.78 is 6.37. The lowest BCUT2D eigenvalue weighted by molar-refractivity contribution is -0.140. The van der Waals surface area contributed by atoms with Gasteiger partial charge >= 0.3 is 5.97 Å². The molecule has 0 amide bonds. The molecule has 7 heteroatoms. The molecule has 0 aliphatic heterocycles. The van der Waals surface area contributed by atoms with E-state index in [9.17, 15) is 4.79 Å². The Morgan fingerprint density at radius 2 is 2.28 bits per heavy atom. The van der Waals surface area contributed by atoms with Gasteiger partial charge in [0.05, 0.1) is 7.11 Å². The molecule has 0 radical (unpaired) electrons. The molecule has 1 N–H and O–H groups in total. The molecule has 2 rings (SSSR count). The molecule has 0 bridgehead atoms. The Hall–Kier alpha value is -2.44. The molecule has 2 aromatic rings. The fourth-order valence-corrected chi connectivity index (χ4v) is 1.51. The molecule has 1 heterocycles. The number of aliphatic carboxylic acids is 1. The highest BCUT2D eigenvalue weighted by atomic mass is 16.5. The molecular weight excluding hydrogens is 236 g/mol. The quantitative estimate of drug-likeness (QED) is 0.867. The van der Waals surface area contributed by atoms with E-state index in [0.717, 1.165) is 0 Å². The Bertz CT molecular complexity index is 567. The van der Waals surface area contributed by atoms with Crippen LogP contribution in [0.3, 0.4) is 0 Å². The first-order chi connectivity index (χ1) is 8.63. The molecule has 1 atom stereocenters. The fourth-order valence-electron chi connectivity index (χ4n) is 1.51. The van der Waals surface area contributed by atoms with E-state index in [2.05, 4.69) is 15.5 Å². The molecule has 0 spiro atoms. The van der Waals surface area contributed by atoms with Gasteiger partial charge in [-0.25, -0.2) is 9.48 Å². The third-order valence-corrected chi connectivity index (χ3v) is 2.54. The number of carbonyl (C=O) groups is 1. The molecule has 0 saturated heterocycles. The van der Waals surface area contributed by atoms with Gasteiger partial charge in [0.25, 0.3) is 0 Å². The molecule has 7 nitrogen and oxygen atoms in total. The van der Waals surface area contributed by atoms with Crippen LogP contribution in [0.5, 0.6) is 5.75 Å². The van der Waals surface area contributed by atoms with Crippen LogP contribution in [0.4, 0.5) is 0 Å². The average Bonchev–Trinajstić information content (AvgIpc) is 2.86. The van der Waals surface area contributed by atoms with E-state index < -0.39 is 12.0 Å². The third kappa shape index (κ3) is 2.15. The predicted molar refractivity (Wildman–Crippen MR) is 62.2 cm³/mol. The number of nitrogens with zero attached hydrogens (tertiary/aromatic N) is 4. The minimum absolute atomic E-state index is 0.392. The highest BCUT2D eigenvalue weighted by Gasteiger charge is 2.20. The Morgan fingerprint density at radius 1 is 1.50 bits per heavy atom. The van der Waals surface area contributed by atoms with Crippen LogP contribution in [0.25, 0.3) is 11.4 Å². The van der Waals surface area contributed by atoms with E-state index in [1.807, 2.05) is 0 Å². The number of rotatable bonds is 4. The summed E-state index contributed by atoms with van der Waals surface area (Å²) in [4.78, 5) is 11.0. The van der Waals surface area contributed by atoms with Gasteiger partial charge < -0.3 is 9.84 Å². The van der Waals surface area contributed by atoms with Crippen molar-refractivity contribution in [1.29, 1.82) is 0 Å². The number of benzene rings is 1. The lowest BCUT2D eigenvalue weighted by atomic mass is 10.2. The number of tetrazole rings is 1. The van der Waals surface area contributed by atoms with Crippen molar-refractivity contribution in [3.8, 4) is 17.1 Å². The van der Waals surface area contributed by atoms with Crippen LogP contribution in [-0.2, 0) is 4.79 Å². The van der Waals surface area contributed by atoms with Gasteiger partial charge in [0.15, 0.2) is 11.9 Å². The van der Waals surface area contributed by atoms with Crippen LogP contribution in [0.2, 0.25) is 0 Å². The Morgan fingerprint density at radius 3 is 2.94 bits per heavy atom. The van der Waals surface area contributed by atoms with Gasteiger partial charge in [-0.15, -0.1) is 5.10 Å². The normalized spacial score (nSPS) is 12.1. The smallest absolute Gasteiger partial charge is 0.328 e. The highest BCUT2D eigenvalue weighted by molar-refractivity contribution is 5.72. The van der Waals surface area contributed by atoms with Crippen LogP contribution in [0.15, 0.2) is 24.3 Å². The van der Waals surface area contributed by atoms with Gasteiger partial charge in [-0.05, 0) is 29.5 Å². The lowest BCUT2D eigenvalue weighted by Gasteiger charge is -2.09. The molecule has 0 saturated carbocycles. The minimum Gasteiger partial charge on any atom is -0.497 e. The van der Waals surface area contributed by atoms with Crippen LogP contribution >= 0.6 is 0 Å². The largest absolute Gasteiger partial charge is 0.497 e. The number of carboxylic acid groups (broad SMARTS) is 1. The van der Waals surface area contributed by atoms with E-state index in [-0.39, 0.29) is 0 Å². The summed E-state index contributed by atoms with van der Waals surface area (Å²) in [6, 6.07) is 6.29. The van der Waals surface area contributed by atoms with Crippen LogP contribution in [0, 0.1) is 0 Å². The van der Waals surface area contributed by atoms with Gasteiger partial charge in [0.1, 0.15) is 5.75 Å². The van der Waals surface area contributed by atoms with Gasteiger partial charge in [-0.2, -0.15) is 0 Å².